The van der Waals surface area contributed by atoms with E-state index in [1.165, 1.54) is 11.8 Å². The minimum atomic E-state index is -1.24. The van der Waals surface area contributed by atoms with Crippen molar-refractivity contribution in [2.45, 2.75) is 13.5 Å². The molecule has 0 saturated heterocycles. The first-order valence-corrected chi connectivity index (χ1v) is 8.79. The Labute approximate surface area is 153 Å². The number of ether oxygens (including phenoxy) is 1. The second-order valence-electron chi connectivity index (χ2n) is 4.94. The van der Waals surface area contributed by atoms with Gasteiger partial charge in [-0.1, -0.05) is 24.0 Å². The third-order valence-corrected chi connectivity index (χ3v) is 4.35. The molecule has 2 aromatic rings. The van der Waals surface area contributed by atoms with Gasteiger partial charge in [-0.25, -0.2) is 13.2 Å². The summed E-state index contributed by atoms with van der Waals surface area (Å²) in [6.07, 6.45) is 1.84. The van der Waals surface area contributed by atoms with E-state index in [0.717, 1.165) is 17.7 Å². The minimum Gasteiger partial charge on any atom is -0.489 e. The Morgan fingerprint density at radius 2 is 1.76 bits per heavy atom. The normalized spacial score (nSPS) is 11.3. The molecular formula is C17H15F3N2OS2. The lowest BCUT2D eigenvalue weighted by Crippen LogP contribution is -2.13. The number of rotatable bonds is 5. The first-order chi connectivity index (χ1) is 11.9. The van der Waals surface area contributed by atoms with E-state index in [2.05, 4.69) is 10.5 Å². The van der Waals surface area contributed by atoms with Crippen LogP contribution in [-0.2, 0) is 6.61 Å². The highest BCUT2D eigenvalue weighted by Gasteiger charge is 2.14. The van der Waals surface area contributed by atoms with E-state index in [1.807, 2.05) is 13.2 Å². The molecular weight excluding hydrogens is 369 g/mol. The maximum absolute atomic E-state index is 13.6. The number of halogens is 3. The van der Waals surface area contributed by atoms with Crippen LogP contribution in [0.25, 0.3) is 0 Å². The lowest BCUT2D eigenvalue weighted by atomic mass is 10.1. The SMILES string of the molecule is CSC(=S)N/N=C(\C)c1ccc(OCc2c(F)ccc(F)c2F)cc1. The molecule has 3 nitrogen and oxygen atoms in total. The average Bonchev–Trinajstić information content (AvgIpc) is 2.63. The van der Waals surface area contributed by atoms with E-state index in [-0.39, 0.29) is 0 Å². The van der Waals surface area contributed by atoms with Crippen molar-refractivity contribution < 1.29 is 17.9 Å². The molecule has 0 aromatic heterocycles. The van der Waals surface area contributed by atoms with Crippen molar-refractivity contribution in [1.29, 1.82) is 0 Å². The molecule has 8 heteroatoms. The molecule has 0 unspecified atom stereocenters. The zero-order chi connectivity index (χ0) is 18.4. The Hall–Kier alpha value is -2.06. The third-order valence-electron chi connectivity index (χ3n) is 3.29. The van der Waals surface area contributed by atoms with Gasteiger partial charge < -0.3 is 4.74 Å². The highest BCUT2D eigenvalue weighted by Crippen LogP contribution is 2.19. The van der Waals surface area contributed by atoms with Gasteiger partial charge in [0.15, 0.2) is 16.0 Å². The van der Waals surface area contributed by atoms with Crippen molar-refractivity contribution in [2.75, 3.05) is 6.26 Å². The third kappa shape index (κ3) is 5.20. The van der Waals surface area contributed by atoms with Crippen LogP contribution in [0.3, 0.4) is 0 Å². The summed E-state index contributed by atoms with van der Waals surface area (Å²) in [6, 6.07) is 8.37. The number of thioether (sulfide) groups is 1. The van der Waals surface area contributed by atoms with Crippen LogP contribution < -0.4 is 10.2 Å². The molecule has 2 rings (SSSR count). The smallest absolute Gasteiger partial charge is 0.168 e. The Bertz CT molecular complexity index is 795. The molecule has 0 bridgehead atoms. The summed E-state index contributed by atoms with van der Waals surface area (Å²) in [5, 5.41) is 4.14. The summed E-state index contributed by atoms with van der Waals surface area (Å²) < 4.78 is 46.2. The maximum Gasteiger partial charge on any atom is 0.168 e. The van der Waals surface area contributed by atoms with Crippen LogP contribution in [0, 0.1) is 17.5 Å². The fraction of sp³-hybridized carbons (Fsp3) is 0.176. The minimum absolute atomic E-state index is 0.396. The number of benzene rings is 2. The van der Waals surface area contributed by atoms with Crippen molar-refractivity contribution in [1.82, 2.24) is 5.43 Å². The summed E-state index contributed by atoms with van der Waals surface area (Å²) in [5.74, 6) is -2.81. The molecule has 25 heavy (non-hydrogen) atoms. The second-order valence-corrected chi connectivity index (χ2v) is 6.42. The van der Waals surface area contributed by atoms with E-state index in [9.17, 15) is 13.2 Å². The largest absolute Gasteiger partial charge is 0.489 e. The van der Waals surface area contributed by atoms with E-state index >= 15 is 0 Å². The summed E-state index contributed by atoms with van der Waals surface area (Å²) in [7, 11) is 0. The van der Waals surface area contributed by atoms with Crippen molar-refractivity contribution in [3.63, 3.8) is 0 Å². The molecule has 1 N–H and O–H groups in total. The molecule has 0 heterocycles. The van der Waals surface area contributed by atoms with Crippen molar-refractivity contribution in [2.24, 2.45) is 5.10 Å². The first-order valence-electron chi connectivity index (χ1n) is 7.16. The standard InChI is InChI=1S/C17H15F3N2OS2/c1-10(21-22-17(24)25-2)11-3-5-12(6-4-11)23-9-13-14(18)7-8-15(19)16(13)20/h3-8H,9H2,1-2H3,(H,22,24)/b21-10+. The van der Waals surface area contributed by atoms with Crippen LogP contribution in [0.4, 0.5) is 13.2 Å². The zero-order valence-electron chi connectivity index (χ0n) is 13.5. The molecule has 0 radical (unpaired) electrons. The summed E-state index contributed by atoms with van der Waals surface area (Å²) in [5.41, 5.74) is 3.83. The molecule has 2 aromatic carbocycles. The Morgan fingerprint density at radius 3 is 2.40 bits per heavy atom. The molecule has 0 aliphatic heterocycles. The molecule has 0 fully saturated rings. The van der Waals surface area contributed by atoms with Gasteiger partial charge >= 0.3 is 0 Å². The predicted octanol–water partition coefficient (Wildman–Crippen LogP) is 4.64. The molecule has 0 atom stereocenters. The first kappa shape index (κ1) is 19.3. The highest BCUT2D eigenvalue weighted by atomic mass is 32.2. The number of hydrogen-bond donors (Lipinski definition) is 1. The quantitative estimate of drug-likeness (QED) is 0.352. The number of thiocarbonyl (C=S) groups is 1. The fourth-order valence-corrected chi connectivity index (χ4v) is 2.07. The molecule has 0 saturated carbocycles. The topological polar surface area (TPSA) is 33.6 Å². The summed E-state index contributed by atoms with van der Waals surface area (Å²) >= 11 is 6.37. The molecule has 0 spiro atoms. The maximum atomic E-state index is 13.6. The second kappa shape index (κ2) is 8.87. The highest BCUT2D eigenvalue weighted by molar-refractivity contribution is 8.22. The molecule has 132 valence electrons. The average molecular weight is 384 g/mol. The van der Waals surface area contributed by atoms with Gasteiger partial charge in [-0.05, 0) is 55.1 Å². The zero-order valence-corrected chi connectivity index (χ0v) is 15.1. The van der Waals surface area contributed by atoms with Gasteiger partial charge in [0.25, 0.3) is 0 Å². The van der Waals surface area contributed by atoms with Gasteiger partial charge in [0.2, 0.25) is 0 Å². The monoisotopic (exact) mass is 384 g/mol. The lowest BCUT2D eigenvalue weighted by molar-refractivity contribution is 0.289. The van der Waals surface area contributed by atoms with Crippen LogP contribution in [0.1, 0.15) is 18.1 Å². The fourth-order valence-electron chi connectivity index (χ4n) is 1.89. The van der Waals surface area contributed by atoms with Gasteiger partial charge in [0, 0.05) is 0 Å². The van der Waals surface area contributed by atoms with Gasteiger partial charge in [-0.2, -0.15) is 5.10 Å². The Kier molecular flexibility index (Phi) is 6.83. The van der Waals surface area contributed by atoms with Crippen LogP contribution in [0.5, 0.6) is 5.75 Å². The van der Waals surface area contributed by atoms with E-state index in [0.29, 0.717) is 15.8 Å². The Balaban J connectivity index is 2.04. The van der Waals surface area contributed by atoms with E-state index < -0.39 is 29.6 Å². The molecule has 0 amide bonds. The number of hydrazone groups is 1. The number of nitrogens with one attached hydrogen (secondary N) is 1. The lowest BCUT2D eigenvalue weighted by Gasteiger charge is -2.09. The van der Waals surface area contributed by atoms with Gasteiger partial charge in [-0.15, -0.1) is 0 Å². The predicted molar refractivity (Wildman–Crippen MR) is 98.5 cm³/mol. The Morgan fingerprint density at radius 1 is 1.12 bits per heavy atom. The number of nitrogens with zero attached hydrogens (tertiary/aromatic N) is 1. The van der Waals surface area contributed by atoms with Crippen LogP contribution in [-0.4, -0.2) is 16.3 Å². The van der Waals surface area contributed by atoms with E-state index in [4.69, 9.17) is 17.0 Å². The van der Waals surface area contributed by atoms with Crippen LogP contribution in [0.2, 0.25) is 0 Å². The molecule has 0 aliphatic carbocycles. The van der Waals surface area contributed by atoms with Crippen LogP contribution >= 0.6 is 24.0 Å². The number of hydrogen-bond acceptors (Lipinski definition) is 4. The van der Waals surface area contributed by atoms with Crippen molar-refractivity contribution in [3.8, 4) is 5.75 Å². The molecule has 0 aliphatic rings. The summed E-state index contributed by atoms with van der Waals surface area (Å²) in [6.45, 7) is 1.40. The van der Waals surface area contributed by atoms with Gasteiger partial charge in [0.1, 0.15) is 18.2 Å². The van der Waals surface area contributed by atoms with Crippen molar-refractivity contribution in [3.05, 3.63) is 65.0 Å². The summed E-state index contributed by atoms with van der Waals surface area (Å²) in [4.78, 5) is 0. The van der Waals surface area contributed by atoms with Crippen LogP contribution in [0.15, 0.2) is 41.5 Å². The van der Waals surface area contributed by atoms with Crippen molar-refractivity contribution >= 4 is 34.0 Å². The van der Waals surface area contributed by atoms with Gasteiger partial charge in [-0.3, -0.25) is 5.43 Å². The van der Waals surface area contributed by atoms with E-state index in [1.54, 1.807) is 24.3 Å². The van der Waals surface area contributed by atoms with Gasteiger partial charge in [0.05, 0.1) is 11.3 Å².